The summed E-state index contributed by atoms with van der Waals surface area (Å²) < 4.78 is 7.90. The minimum atomic E-state index is 0.671. The summed E-state index contributed by atoms with van der Waals surface area (Å²) in [6.07, 6.45) is 1.59. The Morgan fingerprint density at radius 2 is 1.31 bits per heavy atom. The van der Waals surface area contributed by atoms with Gasteiger partial charge >= 0.3 is 0 Å². The van der Waals surface area contributed by atoms with Gasteiger partial charge < -0.3 is 9.30 Å². The first-order chi connectivity index (χ1) is 17.5. The molecular weight excluding hydrogens is 444 g/mol. The third-order valence-electron chi connectivity index (χ3n) is 6.70. The maximum atomic E-state index is 5.54. The topological polar surface area (TPSA) is 52.8 Å². The standard InChI is InChI=1S/C31H26N4O/c1-19-10-12-27-25(14-19)26-17-24(36-4)11-13-28(26)35(27)29-20(2)15-23(16-21(29)3)31-33-18-32-30(34-31)22-8-6-5-7-9-22/h5-18H,1-4H3. The van der Waals surface area contributed by atoms with Crippen LogP contribution in [-0.4, -0.2) is 26.6 Å². The first-order valence-electron chi connectivity index (χ1n) is 12.0. The number of nitrogens with zero attached hydrogens (tertiary/aromatic N) is 4. The summed E-state index contributed by atoms with van der Waals surface area (Å²) in [6, 6.07) is 27.3. The van der Waals surface area contributed by atoms with E-state index in [0.29, 0.717) is 11.6 Å². The lowest BCUT2D eigenvalue weighted by molar-refractivity contribution is 0.415. The number of ether oxygens (including phenoxy) is 1. The van der Waals surface area contributed by atoms with Gasteiger partial charge in [-0.25, -0.2) is 15.0 Å². The number of benzene rings is 4. The Bertz CT molecular complexity index is 1730. The van der Waals surface area contributed by atoms with Crippen LogP contribution in [0.3, 0.4) is 0 Å². The molecule has 6 rings (SSSR count). The molecule has 0 saturated heterocycles. The second-order valence-electron chi connectivity index (χ2n) is 9.20. The summed E-state index contributed by atoms with van der Waals surface area (Å²) in [5, 5.41) is 2.40. The fraction of sp³-hybridized carbons (Fsp3) is 0.129. The van der Waals surface area contributed by atoms with Crippen molar-refractivity contribution in [2.45, 2.75) is 20.8 Å². The van der Waals surface area contributed by atoms with Crippen molar-refractivity contribution in [1.82, 2.24) is 19.5 Å². The van der Waals surface area contributed by atoms with Crippen molar-refractivity contribution < 1.29 is 4.74 Å². The Hall–Kier alpha value is -4.51. The van der Waals surface area contributed by atoms with Crippen molar-refractivity contribution >= 4 is 21.8 Å². The number of aryl methyl sites for hydroxylation is 3. The number of hydrogen-bond acceptors (Lipinski definition) is 4. The predicted molar refractivity (Wildman–Crippen MR) is 146 cm³/mol. The Morgan fingerprint density at radius 3 is 2.00 bits per heavy atom. The summed E-state index contributed by atoms with van der Waals surface area (Å²) in [6.45, 7) is 6.44. The van der Waals surface area contributed by atoms with Crippen molar-refractivity contribution in [3.05, 3.63) is 102 Å². The molecule has 5 nitrogen and oxygen atoms in total. The van der Waals surface area contributed by atoms with E-state index in [1.54, 1.807) is 13.4 Å². The van der Waals surface area contributed by atoms with E-state index in [9.17, 15) is 0 Å². The average molecular weight is 471 g/mol. The predicted octanol–water partition coefficient (Wildman–Crippen LogP) is 7.24. The smallest absolute Gasteiger partial charge is 0.163 e. The Balaban J connectivity index is 1.54. The van der Waals surface area contributed by atoms with Gasteiger partial charge in [0.1, 0.15) is 12.1 Å². The van der Waals surface area contributed by atoms with Crippen LogP contribution in [-0.2, 0) is 0 Å². The summed E-state index contributed by atoms with van der Waals surface area (Å²) in [4.78, 5) is 13.7. The molecule has 0 amide bonds. The number of aromatic nitrogens is 4. The molecule has 0 unspecified atom stereocenters. The van der Waals surface area contributed by atoms with Crippen LogP contribution in [0.25, 0.3) is 50.3 Å². The second-order valence-corrected chi connectivity index (χ2v) is 9.20. The highest BCUT2D eigenvalue weighted by Crippen LogP contribution is 2.37. The van der Waals surface area contributed by atoms with Gasteiger partial charge in [-0.15, -0.1) is 0 Å². The minimum Gasteiger partial charge on any atom is -0.497 e. The van der Waals surface area contributed by atoms with Crippen LogP contribution in [0.15, 0.2) is 85.2 Å². The monoisotopic (exact) mass is 470 g/mol. The van der Waals surface area contributed by atoms with Crippen molar-refractivity contribution in [2.24, 2.45) is 0 Å². The van der Waals surface area contributed by atoms with Crippen molar-refractivity contribution in [3.63, 3.8) is 0 Å². The third-order valence-corrected chi connectivity index (χ3v) is 6.70. The van der Waals surface area contributed by atoms with E-state index in [-0.39, 0.29) is 0 Å². The van der Waals surface area contributed by atoms with Gasteiger partial charge in [0, 0.05) is 21.9 Å². The van der Waals surface area contributed by atoms with Gasteiger partial charge in [0.2, 0.25) is 0 Å². The number of rotatable bonds is 4. The maximum absolute atomic E-state index is 5.54. The average Bonchev–Trinajstić information content (AvgIpc) is 3.21. The molecule has 36 heavy (non-hydrogen) atoms. The van der Waals surface area contributed by atoms with E-state index in [1.807, 2.05) is 36.4 Å². The van der Waals surface area contributed by atoms with E-state index >= 15 is 0 Å². The maximum Gasteiger partial charge on any atom is 0.163 e. The van der Waals surface area contributed by atoms with Crippen molar-refractivity contribution in [3.8, 4) is 34.2 Å². The highest BCUT2D eigenvalue weighted by Gasteiger charge is 2.18. The van der Waals surface area contributed by atoms with Crippen LogP contribution in [0.1, 0.15) is 16.7 Å². The molecule has 0 fully saturated rings. The molecule has 2 aromatic heterocycles. The lowest BCUT2D eigenvalue weighted by Crippen LogP contribution is -2.02. The van der Waals surface area contributed by atoms with Gasteiger partial charge in [0.15, 0.2) is 11.6 Å². The van der Waals surface area contributed by atoms with E-state index < -0.39 is 0 Å². The number of hydrogen-bond donors (Lipinski definition) is 0. The quantitative estimate of drug-likeness (QED) is 0.273. The molecule has 0 radical (unpaired) electrons. The first kappa shape index (κ1) is 22.0. The first-order valence-corrected chi connectivity index (χ1v) is 12.0. The van der Waals surface area contributed by atoms with Crippen LogP contribution < -0.4 is 4.74 Å². The number of fused-ring (bicyclic) bond motifs is 3. The van der Waals surface area contributed by atoms with E-state index in [2.05, 4.69) is 77.8 Å². The highest BCUT2D eigenvalue weighted by atomic mass is 16.5. The third kappa shape index (κ3) is 3.60. The lowest BCUT2D eigenvalue weighted by Gasteiger charge is -2.16. The SMILES string of the molecule is COc1ccc2c(c1)c1cc(C)ccc1n2-c1c(C)cc(-c2ncnc(-c3ccccc3)n2)cc1C. The molecule has 0 saturated carbocycles. The molecule has 0 aliphatic rings. The molecule has 0 spiro atoms. The molecule has 0 N–H and O–H groups in total. The Labute approximate surface area is 210 Å². The van der Waals surface area contributed by atoms with Gasteiger partial charge in [-0.3, -0.25) is 0 Å². The van der Waals surface area contributed by atoms with Crippen molar-refractivity contribution in [1.29, 1.82) is 0 Å². The minimum absolute atomic E-state index is 0.671. The summed E-state index contributed by atoms with van der Waals surface area (Å²) in [5.41, 5.74) is 9.00. The second kappa shape index (κ2) is 8.61. The fourth-order valence-corrected chi connectivity index (χ4v) is 5.08. The zero-order valence-corrected chi connectivity index (χ0v) is 20.8. The summed E-state index contributed by atoms with van der Waals surface area (Å²) in [5.74, 6) is 2.20. The Kier molecular flexibility index (Phi) is 5.26. The van der Waals surface area contributed by atoms with Crippen LogP contribution >= 0.6 is 0 Å². The molecule has 0 aliphatic carbocycles. The van der Waals surface area contributed by atoms with Gasteiger partial charge in [-0.05, 0) is 74.4 Å². The van der Waals surface area contributed by atoms with E-state index in [0.717, 1.165) is 33.5 Å². The van der Waals surface area contributed by atoms with Crippen LogP contribution in [0, 0.1) is 20.8 Å². The van der Waals surface area contributed by atoms with E-state index in [4.69, 9.17) is 9.72 Å². The molecule has 6 aromatic rings. The molecular formula is C31H26N4O. The number of methoxy groups -OCH3 is 1. The van der Waals surface area contributed by atoms with Crippen LogP contribution in [0.4, 0.5) is 0 Å². The highest BCUT2D eigenvalue weighted by molar-refractivity contribution is 6.10. The van der Waals surface area contributed by atoms with Gasteiger partial charge in [0.25, 0.3) is 0 Å². The van der Waals surface area contributed by atoms with Crippen LogP contribution in [0.2, 0.25) is 0 Å². The van der Waals surface area contributed by atoms with Gasteiger partial charge in [-0.2, -0.15) is 0 Å². The van der Waals surface area contributed by atoms with Gasteiger partial charge in [-0.1, -0.05) is 42.0 Å². The Morgan fingerprint density at radius 1 is 0.667 bits per heavy atom. The molecule has 0 bridgehead atoms. The fourth-order valence-electron chi connectivity index (χ4n) is 5.08. The summed E-state index contributed by atoms with van der Waals surface area (Å²) in [7, 11) is 1.71. The van der Waals surface area contributed by atoms with Gasteiger partial charge in [0.05, 0.1) is 23.8 Å². The molecule has 0 aliphatic heterocycles. The lowest BCUT2D eigenvalue weighted by atomic mass is 10.0. The molecule has 0 atom stereocenters. The van der Waals surface area contributed by atoms with E-state index in [1.165, 1.54) is 27.5 Å². The summed E-state index contributed by atoms with van der Waals surface area (Å²) >= 11 is 0. The normalized spacial score (nSPS) is 11.3. The molecule has 4 aromatic carbocycles. The molecule has 2 heterocycles. The molecule has 176 valence electrons. The molecule has 5 heteroatoms. The van der Waals surface area contributed by atoms with Crippen molar-refractivity contribution in [2.75, 3.05) is 7.11 Å². The largest absolute Gasteiger partial charge is 0.497 e. The zero-order valence-electron chi connectivity index (χ0n) is 20.8. The zero-order chi connectivity index (χ0) is 24.8. The van der Waals surface area contributed by atoms with Crippen LogP contribution in [0.5, 0.6) is 5.75 Å².